The van der Waals surface area contributed by atoms with Crippen LogP contribution in [0, 0.1) is 0 Å². The fraction of sp³-hybridized carbons (Fsp3) is 0.385. The van der Waals surface area contributed by atoms with Crippen molar-refractivity contribution in [2.45, 2.75) is 6.42 Å². The standard InChI is InChI=1S/C13H18N2O/c1-15-7-5-10(6-8-15)12-9-11(14)3-4-13(12)16-2/h3-5,9H,6-8,14H2,1-2H3. The van der Waals surface area contributed by atoms with E-state index in [2.05, 4.69) is 18.0 Å². The van der Waals surface area contributed by atoms with Gasteiger partial charge in [-0.25, -0.2) is 0 Å². The van der Waals surface area contributed by atoms with Crippen LogP contribution in [-0.4, -0.2) is 32.1 Å². The van der Waals surface area contributed by atoms with Crippen LogP contribution >= 0.6 is 0 Å². The maximum Gasteiger partial charge on any atom is 0.126 e. The van der Waals surface area contributed by atoms with Crippen molar-refractivity contribution in [1.29, 1.82) is 0 Å². The summed E-state index contributed by atoms with van der Waals surface area (Å²) < 4.78 is 5.37. The average molecular weight is 218 g/mol. The summed E-state index contributed by atoms with van der Waals surface area (Å²) in [5, 5.41) is 0. The van der Waals surface area contributed by atoms with Gasteiger partial charge in [-0.3, -0.25) is 0 Å². The zero-order valence-electron chi connectivity index (χ0n) is 9.86. The van der Waals surface area contributed by atoms with Crippen molar-refractivity contribution in [3.8, 4) is 5.75 Å². The minimum absolute atomic E-state index is 0.788. The van der Waals surface area contributed by atoms with Gasteiger partial charge in [0.1, 0.15) is 5.75 Å². The number of rotatable bonds is 2. The second-order valence-corrected chi connectivity index (χ2v) is 4.20. The van der Waals surface area contributed by atoms with Gasteiger partial charge in [-0.15, -0.1) is 0 Å². The summed E-state index contributed by atoms with van der Waals surface area (Å²) in [5.74, 6) is 0.907. The molecule has 3 heteroatoms. The second kappa shape index (κ2) is 4.58. The molecule has 2 N–H and O–H groups in total. The van der Waals surface area contributed by atoms with Crippen LogP contribution in [0.25, 0.3) is 5.57 Å². The number of methoxy groups -OCH3 is 1. The Bertz CT molecular complexity index is 412. The van der Waals surface area contributed by atoms with Crippen molar-refractivity contribution in [3.05, 3.63) is 29.8 Å². The number of hydrogen-bond acceptors (Lipinski definition) is 3. The summed E-state index contributed by atoms with van der Waals surface area (Å²) >= 11 is 0. The van der Waals surface area contributed by atoms with E-state index in [4.69, 9.17) is 10.5 Å². The molecule has 1 heterocycles. The van der Waals surface area contributed by atoms with Gasteiger partial charge in [0.05, 0.1) is 7.11 Å². The number of likely N-dealkylation sites (N-methyl/N-ethyl adjacent to an activating group) is 1. The van der Waals surface area contributed by atoms with E-state index in [0.717, 1.165) is 36.5 Å². The molecule has 86 valence electrons. The van der Waals surface area contributed by atoms with Crippen molar-refractivity contribution in [2.24, 2.45) is 0 Å². The minimum atomic E-state index is 0.788. The van der Waals surface area contributed by atoms with Crippen LogP contribution in [0.3, 0.4) is 0 Å². The minimum Gasteiger partial charge on any atom is -0.496 e. The highest BCUT2D eigenvalue weighted by Gasteiger charge is 2.13. The molecule has 3 nitrogen and oxygen atoms in total. The van der Waals surface area contributed by atoms with Crippen LogP contribution in [-0.2, 0) is 0 Å². The molecule has 0 aromatic heterocycles. The predicted octanol–water partition coefficient (Wildman–Crippen LogP) is 2.00. The highest BCUT2D eigenvalue weighted by atomic mass is 16.5. The van der Waals surface area contributed by atoms with Gasteiger partial charge >= 0.3 is 0 Å². The molecule has 1 aromatic carbocycles. The molecule has 0 saturated carbocycles. The van der Waals surface area contributed by atoms with Crippen LogP contribution in [0.2, 0.25) is 0 Å². The van der Waals surface area contributed by atoms with Gasteiger partial charge in [0.2, 0.25) is 0 Å². The Morgan fingerprint density at radius 2 is 2.19 bits per heavy atom. The van der Waals surface area contributed by atoms with Gasteiger partial charge in [0.25, 0.3) is 0 Å². The van der Waals surface area contributed by atoms with E-state index in [9.17, 15) is 0 Å². The lowest BCUT2D eigenvalue weighted by Crippen LogP contribution is -2.23. The largest absolute Gasteiger partial charge is 0.496 e. The van der Waals surface area contributed by atoms with Crippen molar-refractivity contribution >= 4 is 11.3 Å². The SMILES string of the molecule is COc1ccc(N)cc1C1=CCN(C)CC1. The quantitative estimate of drug-likeness (QED) is 0.772. The van der Waals surface area contributed by atoms with E-state index in [1.54, 1.807) is 7.11 Å². The fourth-order valence-electron chi connectivity index (χ4n) is 1.99. The van der Waals surface area contributed by atoms with Gasteiger partial charge in [0.15, 0.2) is 0 Å². The molecule has 0 bridgehead atoms. The summed E-state index contributed by atoms with van der Waals surface area (Å²) in [5.41, 5.74) is 9.08. The summed E-state index contributed by atoms with van der Waals surface area (Å²) in [7, 11) is 3.83. The predicted molar refractivity (Wildman–Crippen MR) is 67.5 cm³/mol. The van der Waals surface area contributed by atoms with Crippen LogP contribution in [0.1, 0.15) is 12.0 Å². The fourth-order valence-corrected chi connectivity index (χ4v) is 1.99. The molecule has 1 aliphatic heterocycles. The lowest BCUT2D eigenvalue weighted by molar-refractivity contribution is 0.369. The number of hydrogen-bond donors (Lipinski definition) is 1. The highest BCUT2D eigenvalue weighted by molar-refractivity contribution is 5.74. The molecule has 2 rings (SSSR count). The molecule has 0 spiro atoms. The van der Waals surface area contributed by atoms with Crippen LogP contribution < -0.4 is 10.5 Å². The molecule has 0 amide bonds. The molecule has 0 radical (unpaired) electrons. The van der Waals surface area contributed by atoms with Gasteiger partial charge in [-0.1, -0.05) is 6.08 Å². The zero-order chi connectivity index (χ0) is 11.5. The smallest absolute Gasteiger partial charge is 0.126 e. The third-order valence-electron chi connectivity index (χ3n) is 2.98. The number of anilines is 1. The summed E-state index contributed by atoms with van der Waals surface area (Å²) in [6.45, 7) is 2.08. The monoisotopic (exact) mass is 218 g/mol. The molecule has 0 saturated heterocycles. The molecule has 0 unspecified atom stereocenters. The van der Waals surface area contributed by atoms with Crippen molar-refractivity contribution in [3.63, 3.8) is 0 Å². The third kappa shape index (κ3) is 2.19. The van der Waals surface area contributed by atoms with Gasteiger partial charge in [0, 0.05) is 24.3 Å². The lowest BCUT2D eigenvalue weighted by atomic mass is 9.98. The molecule has 1 aromatic rings. The second-order valence-electron chi connectivity index (χ2n) is 4.20. The Labute approximate surface area is 96.5 Å². The number of ether oxygens (including phenoxy) is 1. The van der Waals surface area contributed by atoms with Crippen LogP contribution in [0.4, 0.5) is 5.69 Å². The summed E-state index contributed by atoms with van der Waals surface area (Å²) in [4.78, 5) is 2.29. The maximum atomic E-state index is 5.82. The Hall–Kier alpha value is -1.48. The summed E-state index contributed by atoms with van der Waals surface area (Å²) in [6, 6.07) is 5.80. The van der Waals surface area contributed by atoms with Gasteiger partial charge in [-0.2, -0.15) is 0 Å². The number of nitrogens with two attached hydrogens (primary N) is 1. The molecule has 16 heavy (non-hydrogen) atoms. The first-order chi connectivity index (χ1) is 7.70. The van der Waals surface area contributed by atoms with Crippen LogP contribution in [0.5, 0.6) is 5.75 Å². The summed E-state index contributed by atoms with van der Waals surface area (Å²) in [6.07, 6.45) is 3.30. The number of benzene rings is 1. The first-order valence-corrected chi connectivity index (χ1v) is 5.52. The van der Waals surface area contributed by atoms with E-state index in [-0.39, 0.29) is 0 Å². The van der Waals surface area contributed by atoms with E-state index in [1.807, 2.05) is 18.2 Å². The lowest BCUT2D eigenvalue weighted by Gasteiger charge is -2.23. The zero-order valence-corrected chi connectivity index (χ0v) is 9.86. The Morgan fingerprint density at radius 1 is 1.38 bits per heavy atom. The van der Waals surface area contributed by atoms with Crippen molar-refractivity contribution in [2.75, 3.05) is 33.0 Å². The Balaban J connectivity index is 2.35. The molecule has 0 atom stereocenters. The Morgan fingerprint density at radius 3 is 2.81 bits per heavy atom. The molecule has 0 fully saturated rings. The van der Waals surface area contributed by atoms with Gasteiger partial charge in [-0.05, 0) is 37.2 Å². The molecule has 0 aliphatic carbocycles. The third-order valence-corrected chi connectivity index (χ3v) is 2.98. The molecular weight excluding hydrogens is 200 g/mol. The van der Waals surface area contributed by atoms with E-state index in [0.29, 0.717) is 0 Å². The van der Waals surface area contributed by atoms with Crippen molar-refractivity contribution < 1.29 is 4.74 Å². The highest BCUT2D eigenvalue weighted by Crippen LogP contribution is 2.31. The maximum absolute atomic E-state index is 5.82. The first kappa shape index (κ1) is 11.0. The molecular formula is C13H18N2O. The number of nitrogens with zero attached hydrogens (tertiary/aromatic N) is 1. The number of nitrogen functional groups attached to an aromatic ring is 1. The van der Waals surface area contributed by atoms with E-state index < -0.39 is 0 Å². The normalized spacial score (nSPS) is 17.0. The van der Waals surface area contributed by atoms with Crippen LogP contribution in [0.15, 0.2) is 24.3 Å². The van der Waals surface area contributed by atoms with Gasteiger partial charge < -0.3 is 15.4 Å². The van der Waals surface area contributed by atoms with Crippen molar-refractivity contribution in [1.82, 2.24) is 4.90 Å². The Kier molecular flexibility index (Phi) is 3.15. The van der Waals surface area contributed by atoms with E-state index in [1.165, 1.54) is 5.57 Å². The first-order valence-electron chi connectivity index (χ1n) is 5.52. The molecule has 1 aliphatic rings. The van der Waals surface area contributed by atoms with E-state index >= 15 is 0 Å². The average Bonchev–Trinajstić information content (AvgIpc) is 2.30. The topological polar surface area (TPSA) is 38.5 Å².